The van der Waals surface area contributed by atoms with Gasteiger partial charge in [-0.1, -0.05) is 17.8 Å². The lowest BCUT2D eigenvalue weighted by atomic mass is 10.0. The largest absolute Gasteiger partial charge is 0.343 e. The number of amides is 1. The first-order valence-corrected chi connectivity index (χ1v) is 13.1. The second-order valence-electron chi connectivity index (χ2n) is 7.07. The number of thiophene rings is 1. The fourth-order valence-corrected chi connectivity index (χ4v) is 6.26. The number of likely N-dealkylation sites (tertiary alicyclic amines) is 1. The van der Waals surface area contributed by atoms with E-state index in [1.165, 1.54) is 23.1 Å². The maximum atomic E-state index is 12.6. The molecule has 1 fully saturated rings. The van der Waals surface area contributed by atoms with Crippen molar-refractivity contribution in [2.75, 3.05) is 19.3 Å². The third kappa shape index (κ3) is 5.56. The summed E-state index contributed by atoms with van der Waals surface area (Å²) in [6.45, 7) is 5.05. The summed E-state index contributed by atoms with van der Waals surface area (Å²) in [6.07, 6.45) is 4.23. The molecule has 0 saturated carbocycles. The molecule has 2 aromatic rings. The zero-order valence-electron chi connectivity index (χ0n) is 16.8. The summed E-state index contributed by atoms with van der Waals surface area (Å²) in [5.41, 5.74) is 2.89. The van der Waals surface area contributed by atoms with Crippen molar-refractivity contribution in [1.29, 1.82) is 0 Å². The maximum Gasteiger partial charge on any atom is 0.250 e. The highest BCUT2D eigenvalue weighted by Crippen LogP contribution is 2.20. The fraction of sp³-hybridized carbons (Fsp3) is 0.526. The topological polar surface area (TPSA) is 92.3 Å². The highest BCUT2D eigenvalue weighted by Gasteiger charge is 2.27. The van der Waals surface area contributed by atoms with Gasteiger partial charge in [0.05, 0.1) is 0 Å². The minimum absolute atomic E-state index is 0.0947. The van der Waals surface area contributed by atoms with E-state index in [9.17, 15) is 13.2 Å². The minimum atomic E-state index is -3.47. The Labute approximate surface area is 180 Å². The molecule has 0 atom stereocenters. The monoisotopic (exact) mass is 454 g/mol. The van der Waals surface area contributed by atoms with Gasteiger partial charge in [0.25, 0.3) is 0 Å². The van der Waals surface area contributed by atoms with Gasteiger partial charge in [0, 0.05) is 36.9 Å². The zero-order valence-corrected chi connectivity index (χ0v) is 19.3. The van der Waals surface area contributed by atoms with Gasteiger partial charge in [0.2, 0.25) is 15.9 Å². The summed E-state index contributed by atoms with van der Waals surface area (Å²) < 4.78 is 27.8. The number of aromatic nitrogens is 2. The summed E-state index contributed by atoms with van der Waals surface area (Å²) in [5, 5.41) is 2.50. The number of hydrogen-bond donors (Lipinski definition) is 1. The van der Waals surface area contributed by atoms with Crippen molar-refractivity contribution in [3.63, 3.8) is 0 Å². The molecule has 158 valence electrons. The average molecular weight is 455 g/mol. The number of carbonyl (C=O) groups excluding carboxylic acids is 1. The molecule has 29 heavy (non-hydrogen) atoms. The maximum absolute atomic E-state index is 12.6. The summed E-state index contributed by atoms with van der Waals surface area (Å²) in [5.74, 6) is 0.0947. The number of sulfonamides is 1. The number of piperidine rings is 1. The number of thioether (sulfide) groups is 1. The van der Waals surface area contributed by atoms with E-state index in [-0.39, 0.29) is 11.9 Å². The molecule has 7 nitrogen and oxygen atoms in total. The van der Waals surface area contributed by atoms with Gasteiger partial charge in [-0.15, -0.1) is 11.3 Å². The van der Waals surface area contributed by atoms with Crippen LogP contribution in [0.1, 0.15) is 36.2 Å². The molecule has 0 aliphatic carbocycles. The normalized spacial score (nSPS) is 15.6. The van der Waals surface area contributed by atoms with Gasteiger partial charge in [-0.25, -0.2) is 23.1 Å². The Kier molecular flexibility index (Phi) is 7.31. The van der Waals surface area contributed by atoms with Crippen LogP contribution in [0.15, 0.2) is 26.9 Å². The lowest BCUT2D eigenvalue weighted by molar-refractivity contribution is -0.132. The first-order valence-electron chi connectivity index (χ1n) is 9.52. The SMILES string of the molecule is CSc1nc(C)c(CCC(=O)N2CCC(NS(=O)(=O)c3cccs3)CC2)c(C)n1. The highest BCUT2D eigenvalue weighted by atomic mass is 32.2. The van der Waals surface area contributed by atoms with E-state index in [4.69, 9.17) is 0 Å². The zero-order chi connectivity index (χ0) is 21.0. The molecule has 1 saturated heterocycles. The number of aryl methyl sites for hydroxylation is 2. The minimum Gasteiger partial charge on any atom is -0.343 e. The smallest absolute Gasteiger partial charge is 0.250 e. The van der Waals surface area contributed by atoms with E-state index < -0.39 is 10.0 Å². The predicted molar refractivity (Wildman–Crippen MR) is 116 cm³/mol. The molecule has 1 N–H and O–H groups in total. The van der Waals surface area contributed by atoms with Crippen LogP contribution in [0, 0.1) is 13.8 Å². The van der Waals surface area contributed by atoms with Gasteiger partial charge >= 0.3 is 0 Å². The number of nitrogens with zero attached hydrogens (tertiary/aromatic N) is 3. The molecule has 1 aliphatic rings. The Balaban J connectivity index is 1.51. The molecule has 0 bridgehead atoms. The van der Waals surface area contributed by atoms with Gasteiger partial charge in [-0.05, 0) is 56.4 Å². The highest BCUT2D eigenvalue weighted by molar-refractivity contribution is 7.98. The Morgan fingerprint density at radius 1 is 1.28 bits per heavy atom. The number of rotatable bonds is 7. The van der Waals surface area contributed by atoms with Crippen molar-refractivity contribution >= 4 is 39.0 Å². The quantitative estimate of drug-likeness (QED) is 0.511. The Hall–Kier alpha value is -1.49. The van der Waals surface area contributed by atoms with Crippen molar-refractivity contribution < 1.29 is 13.2 Å². The second-order valence-corrected chi connectivity index (χ2v) is 10.7. The first kappa shape index (κ1) is 22.2. The van der Waals surface area contributed by atoms with Crippen LogP contribution in [0.4, 0.5) is 0 Å². The molecule has 3 rings (SSSR count). The van der Waals surface area contributed by atoms with Gasteiger partial charge in [0.15, 0.2) is 5.16 Å². The molecule has 0 radical (unpaired) electrons. The lowest BCUT2D eigenvalue weighted by Gasteiger charge is -2.32. The summed E-state index contributed by atoms with van der Waals surface area (Å²) in [4.78, 5) is 23.4. The molecular weight excluding hydrogens is 428 g/mol. The van der Waals surface area contributed by atoms with E-state index >= 15 is 0 Å². The van der Waals surface area contributed by atoms with Crippen molar-refractivity contribution in [3.8, 4) is 0 Å². The standard InChI is InChI=1S/C19H26N4O3S3/c1-13-16(14(2)21-19(20-13)27-3)6-7-17(24)23-10-8-15(9-11-23)22-29(25,26)18-5-4-12-28-18/h4-5,12,15,22H,6-11H2,1-3H3. The molecule has 0 aromatic carbocycles. The molecule has 0 spiro atoms. The molecule has 3 heterocycles. The van der Waals surface area contributed by atoms with E-state index in [1.54, 1.807) is 17.5 Å². The Morgan fingerprint density at radius 3 is 2.48 bits per heavy atom. The van der Waals surface area contributed by atoms with Crippen molar-refractivity contribution in [2.45, 2.75) is 54.9 Å². The summed E-state index contributed by atoms with van der Waals surface area (Å²) in [6, 6.07) is 3.19. The van der Waals surface area contributed by atoms with E-state index in [1.807, 2.05) is 25.0 Å². The molecular formula is C19H26N4O3S3. The second kappa shape index (κ2) is 9.55. The van der Waals surface area contributed by atoms with Crippen molar-refractivity contribution in [3.05, 3.63) is 34.5 Å². The van der Waals surface area contributed by atoms with Crippen LogP contribution in [-0.2, 0) is 21.2 Å². The molecule has 2 aromatic heterocycles. The van der Waals surface area contributed by atoms with Crippen LogP contribution in [0.3, 0.4) is 0 Å². The predicted octanol–water partition coefficient (Wildman–Crippen LogP) is 2.78. The molecule has 1 amide bonds. The van der Waals surface area contributed by atoms with Crippen LogP contribution >= 0.6 is 23.1 Å². The van der Waals surface area contributed by atoms with Crippen LogP contribution in [-0.4, -0.2) is 54.6 Å². The molecule has 1 aliphatic heterocycles. The molecule has 10 heteroatoms. The third-order valence-corrected chi connectivity index (χ3v) is 8.57. The third-order valence-electron chi connectivity index (χ3n) is 5.10. The van der Waals surface area contributed by atoms with Crippen LogP contribution in [0.25, 0.3) is 0 Å². The fourth-order valence-electron chi connectivity index (χ4n) is 3.49. The van der Waals surface area contributed by atoms with Crippen LogP contribution < -0.4 is 4.72 Å². The molecule has 0 unspecified atom stereocenters. The lowest BCUT2D eigenvalue weighted by Crippen LogP contribution is -2.46. The van der Waals surface area contributed by atoms with Crippen LogP contribution in [0.2, 0.25) is 0 Å². The number of hydrogen-bond acceptors (Lipinski definition) is 7. The van der Waals surface area contributed by atoms with Crippen molar-refractivity contribution in [1.82, 2.24) is 19.6 Å². The first-order chi connectivity index (χ1) is 13.8. The average Bonchev–Trinajstić information content (AvgIpc) is 3.23. The van der Waals surface area contributed by atoms with Gasteiger partial charge in [0.1, 0.15) is 4.21 Å². The summed E-state index contributed by atoms with van der Waals surface area (Å²) >= 11 is 2.72. The number of nitrogens with one attached hydrogen (secondary N) is 1. The van der Waals surface area contributed by atoms with Crippen molar-refractivity contribution in [2.24, 2.45) is 0 Å². The van der Waals surface area contributed by atoms with E-state index in [0.717, 1.165) is 22.1 Å². The summed E-state index contributed by atoms with van der Waals surface area (Å²) in [7, 11) is -3.47. The van der Waals surface area contributed by atoms with Gasteiger partial charge in [-0.3, -0.25) is 4.79 Å². The van der Waals surface area contributed by atoms with Gasteiger partial charge in [-0.2, -0.15) is 0 Å². The van der Waals surface area contributed by atoms with Crippen LogP contribution in [0.5, 0.6) is 0 Å². The Bertz CT molecular complexity index is 930. The van der Waals surface area contributed by atoms with E-state index in [2.05, 4.69) is 14.7 Å². The van der Waals surface area contributed by atoms with Gasteiger partial charge < -0.3 is 4.90 Å². The number of carbonyl (C=O) groups is 1. The Morgan fingerprint density at radius 2 is 1.93 bits per heavy atom. The van der Waals surface area contributed by atoms with E-state index in [0.29, 0.717) is 43.0 Å².